The van der Waals surface area contributed by atoms with E-state index in [-0.39, 0.29) is 36.3 Å². The number of fused-ring (bicyclic) bond motifs is 2. The number of aromatic nitrogens is 1. The third kappa shape index (κ3) is 5.25. The average molecular weight is 568 g/mol. The second kappa shape index (κ2) is 11.5. The van der Waals surface area contributed by atoms with E-state index in [0.717, 1.165) is 0 Å². The molecule has 2 aliphatic carbocycles. The van der Waals surface area contributed by atoms with Crippen LogP contribution in [0.25, 0.3) is 5.76 Å². The largest absolute Gasteiger partial charge is 0.507 e. The maximum absolute atomic E-state index is 14.1. The first-order valence-electron chi connectivity index (χ1n) is 13.3. The predicted octanol–water partition coefficient (Wildman–Crippen LogP) is 0.594. The molecule has 4 atom stereocenters. The lowest BCUT2D eigenvalue weighted by Gasteiger charge is -2.47. The molecule has 12 nitrogen and oxygen atoms in total. The first-order chi connectivity index (χ1) is 19.3. The van der Waals surface area contributed by atoms with E-state index in [1.807, 2.05) is 25.1 Å². The van der Waals surface area contributed by atoms with Crippen LogP contribution < -0.4 is 16.0 Å². The van der Waals surface area contributed by atoms with E-state index in [2.05, 4.69) is 10.3 Å². The molecule has 0 radical (unpaired) electrons. The number of nitrogens with one attached hydrogen (secondary N) is 1. The molecule has 4 rings (SSSR count). The van der Waals surface area contributed by atoms with Gasteiger partial charge in [0.25, 0.3) is 0 Å². The molecule has 7 N–H and O–H groups in total. The number of amides is 1. The number of hydrogen-bond acceptors (Lipinski definition) is 11. The van der Waals surface area contributed by atoms with Gasteiger partial charge in [-0.15, -0.1) is 0 Å². The van der Waals surface area contributed by atoms with Crippen molar-refractivity contribution >= 4 is 34.6 Å². The van der Waals surface area contributed by atoms with E-state index in [0.29, 0.717) is 22.5 Å². The Hall–Kier alpha value is -4.00. The van der Waals surface area contributed by atoms with Crippen LogP contribution in [-0.4, -0.2) is 94.2 Å². The number of likely N-dealkylation sites (N-methyl/N-ethyl adjacent to an activating group) is 1. The molecule has 220 valence electrons. The summed E-state index contributed by atoms with van der Waals surface area (Å²) in [7, 11) is 6.94. The number of primary amides is 1. The lowest BCUT2D eigenvalue weighted by molar-refractivity contribution is -0.163. The second-order valence-electron chi connectivity index (χ2n) is 11.1. The molecule has 2 aromatic rings. The van der Waals surface area contributed by atoms with Crippen LogP contribution in [0.1, 0.15) is 29.5 Å². The highest BCUT2D eigenvalue weighted by Gasteiger charge is 2.60. The van der Waals surface area contributed by atoms with E-state index < -0.39 is 59.7 Å². The molecule has 1 saturated carbocycles. The number of phenols is 1. The van der Waals surface area contributed by atoms with Crippen LogP contribution in [0.15, 0.2) is 36.2 Å². The second-order valence-corrected chi connectivity index (χ2v) is 11.1. The van der Waals surface area contributed by atoms with Gasteiger partial charge in [-0.05, 0) is 56.6 Å². The van der Waals surface area contributed by atoms with Crippen LogP contribution in [0.4, 0.5) is 11.4 Å². The zero-order valence-electron chi connectivity index (χ0n) is 23.6. The van der Waals surface area contributed by atoms with Gasteiger partial charge >= 0.3 is 0 Å². The highest BCUT2D eigenvalue weighted by molar-refractivity contribution is 6.23. The van der Waals surface area contributed by atoms with Gasteiger partial charge in [-0.3, -0.25) is 19.4 Å². The Morgan fingerprint density at radius 3 is 2.51 bits per heavy atom. The lowest BCUT2D eigenvalue weighted by Crippen LogP contribution is -2.64. The van der Waals surface area contributed by atoms with Gasteiger partial charge in [0, 0.05) is 61.8 Å². The number of anilines is 2. The highest BCUT2D eigenvalue weighted by Crippen LogP contribution is 2.51. The normalized spacial score (nSPS) is 22.7. The van der Waals surface area contributed by atoms with Gasteiger partial charge in [0.2, 0.25) is 11.7 Å². The number of Topliss-reactive ketones (excluding diaryl/α,β-unsaturated/α-hetero) is 2. The summed E-state index contributed by atoms with van der Waals surface area (Å²) < 4.78 is 0. The van der Waals surface area contributed by atoms with Crippen molar-refractivity contribution in [3.8, 4) is 5.75 Å². The molecular formula is C29H37N5O7. The lowest BCUT2D eigenvalue weighted by atomic mass is 9.59. The van der Waals surface area contributed by atoms with Crippen molar-refractivity contribution < 1.29 is 34.8 Å². The third-order valence-electron chi connectivity index (χ3n) is 8.18. The van der Waals surface area contributed by atoms with Gasteiger partial charge < -0.3 is 41.3 Å². The molecule has 0 aliphatic heterocycles. The monoisotopic (exact) mass is 567 g/mol. The summed E-state index contributed by atoms with van der Waals surface area (Å²) in [6.07, 6.45) is 2.64. The average Bonchev–Trinajstić information content (AvgIpc) is 2.91. The minimum absolute atomic E-state index is 0.0485. The molecule has 1 aromatic carbocycles. The maximum atomic E-state index is 14.1. The molecule has 0 spiro atoms. The smallest absolute Gasteiger partial charge is 0.225 e. The molecule has 1 aromatic heterocycles. The van der Waals surface area contributed by atoms with Gasteiger partial charge in [0.1, 0.15) is 11.5 Å². The van der Waals surface area contributed by atoms with Gasteiger partial charge in [-0.2, -0.15) is 0 Å². The number of hydrogen-bond donors (Lipinski definition) is 6. The van der Waals surface area contributed by atoms with Gasteiger partial charge in [-0.25, -0.2) is 0 Å². The number of nitrogens with zero attached hydrogens (tertiary/aromatic N) is 3. The zero-order valence-corrected chi connectivity index (χ0v) is 23.6. The molecule has 2 aliphatic rings. The summed E-state index contributed by atoms with van der Waals surface area (Å²) in [6.45, 7) is -0.293. The SMILES string of the molecule is CN(C)c1cc(CNc2cccnc2)c(O)c2c1C[C@H]1C[C@@H](C(CO)N(C)C)[C@@](O)(C(=O)CC(N)=O)C(=O)C1=C2O. The Kier molecular flexibility index (Phi) is 8.39. The highest BCUT2D eigenvalue weighted by atomic mass is 16.3. The number of ketones is 2. The first-order valence-corrected chi connectivity index (χ1v) is 13.3. The number of benzene rings is 1. The van der Waals surface area contributed by atoms with Crippen molar-refractivity contribution in [2.45, 2.75) is 37.5 Å². The van der Waals surface area contributed by atoms with Crippen molar-refractivity contribution in [1.82, 2.24) is 9.88 Å². The van der Waals surface area contributed by atoms with Crippen molar-refractivity contribution in [3.63, 3.8) is 0 Å². The summed E-state index contributed by atoms with van der Waals surface area (Å²) in [5, 5.41) is 48.1. The van der Waals surface area contributed by atoms with E-state index in [1.165, 1.54) is 0 Å². The van der Waals surface area contributed by atoms with Crippen LogP contribution in [0.2, 0.25) is 0 Å². The molecule has 41 heavy (non-hydrogen) atoms. The minimum Gasteiger partial charge on any atom is -0.507 e. The number of carbonyl (C=O) groups is 3. The molecule has 1 unspecified atom stereocenters. The molecule has 1 heterocycles. The van der Waals surface area contributed by atoms with E-state index >= 15 is 0 Å². The fourth-order valence-electron chi connectivity index (χ4n) is 6.15. The quantitative estimate of drug-likeness (QED) is 0.220. The minimum atomic E-state index is -2.72. The molecule has 1 fully saturated rings. The number of pyridine rings is 1. The molecule has 0 saturated heterocycles. The summed E-state index contributed by atoms with van der Waals surface area (Å²) in [4.78, 5) is 46.5. The number of nitrogens with two attached hydrogens (primary N) is 1. The Bertz CT molecular complexity index is 1390. The van der Waals surface area contributed by atoms with Crippen molar-refractivity contribution in [2.24, 2.45) is 17.6 Å². The van der Waals surface area contributed by atoms with Crippen molar-refractivity contribution in [1.29, 1.82) is 0 Å². The topological polar surface area (TPSA) is 190 Å². The maximum Gasteiger partial charge on any atom is 0.225 e. The fourth-order valence-corrected chi connectivity index (χ4v) is 6.15. The zero-order chi connectivity index (χ0) is 30.2. The molecule has 1 amide bonds. The summed E-state index contributed by atoms with van der Waals surface area (Å²) in [6, 6.07) is 4.57. The number of aliphatic hydroxyl groups is 3. The summed E-state index contributed by atoms with van der Waals surface area (Å²) >= 11 is 0. The Morgan fingerprint density at radius 1 is 1.24 bits per heavy atom. The molecular weight excluding hydrogens is 530 g/mol. The van der Waals surface area contributed by atoms with E-state index in [4.69, 9.17) is 5.73 Å². The number of aliphatic hydroxyl groups excluding tert-OH is 2. The molecule has 0 bridgehead atoms. The number of carbonyl (C=O) groups excluding carboxylic acids is 3. The van der Waals surface area contributed by atoms with Crippen molar-refractivity contribution in [2.75, 3.05) is 45.0 Å². The van der Waals surface area contributed by atoms with E-state index in [1.54, 1.807) is 43.5 Å². The van der Waals surface area contributed by atoms with Crippen LogP contribution in [0.3, 0.4) is 0 Å². The number of rotatable bonds is 10. The predicted molar refractivity (Wildman–Crippen MR) is 152 cm³/mol. The van der Waals surface area contributed by atoms with Crippen LogP contribution in [0, 0.1) is 11.8 Å². The Morgan fingerprint density at radius 2 is 1.95 bits per heavy atom. The third-order valence-corrected chi connectivity index (χ3v) is 8.18. The molecule has 12 heteroatoms. The summed E-state index contributed by atoms with van der Waals surface area (Å²) in [5.41, 5.74) is 4.85. The standard InChI is InChI=1S/C29H37N5O7/c1-33(2)20-10-16(12-32-17-6-5-7-31-13-17)26(38)25-18(20)8-15-9-19(21(14-35)34(3)4)29(41,22(36)11-23(30)37)28(40)24(15)27(25)39/h5-7,10,13,15,19,21,32,35,38-39,41H,8-9,11-12,14H2,1-4H3,(H2,30,37)/t15-,19-,21?,29+/m0/s1. The summed E-state index contributed by atoms with van der Waals surface area (Å²) in [5.74, 6) is -5.67. The van der Waals surface area contributed by atoms with Gasteiger partial charge in [0.05, 0.1) is 24.3 Å². The van der Waals surface area contributed by atoms with Crippen LogP contribution in [-0.2, 0) is 27.3 Å². The Labute approximate surface area is 238 Å². The number of aromatic hydroxyl groups is 1. The Balaban J connectivity index is 1.87. The fraction of sp³-hybridized carbons (Fsp3) is 0.448. The van der Waals surface area contributed by atoms with E-state index in [9.17, 15) is 34.8 Å². The van der Waals surface area contributed by atoms with Gasteiger partial charge in [-0.1, -0.05) is 0 Å². The first kappa shape index (κ1) is 30.0. The van der Waals surface area contributed by atoms with Gasteiger partial charge in [0.15, 0.2) is 11.4 Å². The van der Waals surface area contributed by atoms with Crippen LogP contribution in [0.5, 0.6) is 5.75 Å². The van der Waals surface area contributed by atoms with Crippen molar-refractivity contribution in [3.05, 3.63) is 52.9 Å². The number of phenolic OH excluding ortho intramolecular Hbond substituents is 1. The van der Waals surface area contributed by atoms with Crippen LogP contribution >= 0.6 is 0 Å².